The number of fused-ring (bicyclic) bond motifs is 1. The molecule has 2 aromatic rings. The summed E-state index contributed by atoms with van der Waals surface area (Å²) in [5, 5.41) is 5.03. The molecule has 0 spiro atoms. The number of nitrogens with zero attached hydrogens (tertiary/aromatic N) is 2. The van der Waals surface area contributed by atoms with Crippen molar-refractivity contribution < 1.29 is 4.39 Å². The van der Waals surface area contributed by atoms with Crippen molar-refractivity contribution >= 4 is 24.2 Å². The number of hydrogen-bond acceptors (Lipinski definition) is 1. The van der Waals surface area contributed by atoms with Crippen LogP contribution in [0.25, 0.3) is 10.9 Å². The standard InChI is InChI=1S/C8H8BFN2/c1-12-8-5(4-11-12)2-3-6(10)7(8)9/h2-4H,9H2,1H3. The first-order valence-corrected chi connectivity index (χ1v) is 3.77. The summed E-state index contributed by atoms with van der Waals surface area (Å²) >= 11 is 0. The third-order valence-corrected chi connectivity index (χ3v) is 2.09. The molecule has 60 valence electrons. The van der Waals surface area contributed by atoms with Gasteiger partial charge in [0.05, 0.1) is 11.7 Å². The molecule has 0 saturated heterocycles. The SMILES string of the molecule is Bc1c(F)ccc2cnn(C)c12. The quantitative estimate of drug-likeness (QED) is 0.497. The molecule has 1 heterocycles. The molecule has 0 atom stereocenters. The highest BCUT2D eigenvalue weighted by Gasteiger charge is 2.05. The van der Waals surface area contributed by atoms with Crippen molar-refractivity contribution in [1.29, 1.82) is 0 Å². The van der Waals surface area contributed by atoms with Gasteiger partial charge in [-0.1, -0.05) is 0 Å². The summed E-state index contributed by atoms with van der Waals surface area (Å²) in [7, 11) is 3.58. The van der Waals surface area contributed by atoms with Crippen molar-refractivity contribution in [1.82, 2.24) is 9.78 Å². The van der Waals surface area contributed by atoms with Gasteiger partial charge in [0.15, 0.2) is 0 Å². The van der Waals surface area contributed by atoms with Gasteiger partial charge < -0.3 is 0 Å². The third kappa shape index (κ3) is 0.842. The lowest BCUT2D eigenvalue weighted by molar-refractivity contribution is 0.636. The molecule has 1 aromatic heterocycles. The van der Waals surface area contributed by atoms with Crippen molar-refractivity contribution in [3.8, 4) is 0 Å². The Morgan fingerprint density at radius 2 is 2.25 bits per heavy atom. The Morgan fingerprint density at radius 3 is 3.00 bits per heavy atom. The molecule has 4 heteroatoms. The summed E-state index contributed by atoms with van der Waals surface area (Å²) in [6, 6.07) is 3.21. The van der Waals surface area contributed by atoms with Crippen LogP contribution in [0.2, 0.25) is 0 Å². The van der Waals surface area contributed by atoms with E-state index in [1.54, 1.807) is 24.8 Å². The van der Waals surface area contributed by atoms with E-state index in [0.717, 1.165) is 10.9 Å². The van der Waals surface area contributed by atoms with Crippen LogP contribution in [0.5, 0.6) is 0 Å². The van der Waals surface area contributed by atoms with Crippen LogP contribution in [0.15, 0.2) is 18.3 Å². The fourth-order valence-corrected chi connectivity index (χ4v) is 1.44. The minimum absolute atomic E-state index is 0.175. The van der Waals surface area contributed by atoms with E-state index < -0.39 is 0 Å². The topological polar surface area (TPSA) is 17.8 Å². The Kier molecular flexibility index (Phi) is 1.43. The third-order valence-electron chi connectivity index (χ3n) is 2.09. The second-order valence-electron chi connectivity index (χ2n) is 2.88. The molecule has 0 unspecified atom stereocenters. The Hall–Kier alpha value is -1.32. The molecule has 0 radical (unpaired) electrons. The molecule has 1 aromatic carbocycles. The highest BCUT2D eigenvalue weighted by molar-refractivity contribution is 6.38. The first-order valence-electron chi connectivity index (χ1n) is 3.77. The van der Waals surface area contributed by atoms with E-state index >= 15 is 0 Å². The maximum Gasteiger partial charge on any atom is 0.146 e. The second kappa shape index (κ2) is 2.34. The minimum atomic E-state index is -0.175. The zero-order chi connectivity index (χ0) is 8.72. The average Bonchev–Trinajstić information content (AvgIpc) is 2.41. The Bertz CT molecular complexity index is 436. The predicted molar refractivity (Wildman–Crippen MR) is 48.9 cm³/mol. The fourth-order valence-electron chi connectivity index (χ4n) is 1.44. The molecule has 0 amide bonds. The van der Waals surface area contributed by atoms with Crippen molar-refractivity contribution in [2.24, 2.45) is 7.05 Å². The summed E-state index contributed by atoms with van der Waals surface area (Å²) < 4.78 is 14.8. The van der Waals surface area contributed by atoms with Gasteiger partial charge in [0.25, 0.3) is 0 Å². The largest absolute Gasteiger partial charge is 0.268 e. The summed E-state index contributed by atoms with van der Waals surface area (Å²) in [6.45, 7) is 0. The lowest BCUT2D eigenvalue weighted by Gasteiger charge is -1.99. The molecule has 0 fully saturated rings. The smallest absolute Gasteiger partial charge is 0.146 e. The van der Waals surface area contributed by atoms with E-state index in [0.29, 0.717) is 5.46 Å². The van der Waals surface area contributed by atoms with Crippen molar-refractivity contribution in [3.05, 3.63) is 24.1 Å². The zero-order valence-electron chi connectivity index (χ0n) is 7.00. The minimum Gasteiger partial charge on any atom is -0.268 e. The number of halogens is 1. The highest BCUT2D eigenvalue weighted by Crippen LogP contribution is 2.10. The molecular weight excluding hydrogens is 154 g/mol. The average molecular weight is 162 g/mol. The van der Waals surface area contributed by atoms with Gasteiger partial charge >= 0.3 is 0 Å². The Labute approximate surface area is 70.4 Å². The number of hydrogen-bond donors (Lipinski definition) is 0. The number of aryl methyl sites for hydroxylation is 1. The van der Waals surface area contributed by atoms with Crippen molar-refractivity contribution in [2.45, 2.75) is 0 Å². The maximum absolute atomic E-state index is 13.1. The summed E-state index contributed by atoms with van der Waals surface area (Å²) in [5.74, 6) is -0.175. The van der Waals surface area contributed by atoms with Gasteiger partial charge in [0, 0.05) is 12.4 Å². The van der Waals surface area contributed by atoms with Crippen LogP contribution in [-0.4, -0.2) is 17.6 Å². The van der Waals surface area contributed by atoms with Crippen LogP contribution in [0, 0.1) is 5.82 Å². The molecule has 0 N–H and O–H groups in total. The first kappa shape index (κ1) is 7.34. The van der Waals surface area contributed by atoms with Crippen LogP contribution in [-0.2, 0) is 7.05 Å². The van der Waals surface area contributed by atoms with E-state index in [9.17, 15) is 4.39 Å². The molecule has 0 aliphatic heterocycles. The molecular formula is C8H8BFN2. The molecule has 0 aliphatic carbocycles. The number of benzene rings is 1. The van der Waals surface area contributed by atoms with Crippen LogP contribution in [0.4, 0.5) is 4.39 Å². The Balaban J connectivity index is 2.96. The Morgan fingerprint density at radius 1 is 1.50 bits per heavy atom. The van der Waals surface area contributed by atoms with Gasteiger partial charge in [-0.25, -0.2) is 4.39 Å². The van der Waals surface area contributed by atoms with E-state index in [-0.39, 0.29) is 5.82 Å². The molecule has 2 rings (SSSR count). The zero-order valence-corrected chi connectivity index (χ0v) is 7.00. The van der Waals surface area contributed by atoms with Gasteiger partial charge in [0.2, 0.25) is 0 Å². The van der Waals surface area contributed by atoms with Gasteiger partial charge in [0.1, 0.15) is 13.7 Å². The molecule has 12 heavy (non-hydrogen) atoms. The van der Waals surface area contributed by atoms with E-state index in [4.69, 9.17) is 0 Å². The number of aromatic nitrogens is 2. The van der Waals surface area contributed by atoms with Crippen molar-refractivity contribution in [3.63, 3.8) is 0 Å². The first-order chi connectivity index (χ1) is 5.70. The fraction of sp³-hybridized carbons (Fsp3) is 0.125. The lowest BCUT2D eigenvalue weighted by Crippen LogP contribution is -2.12. The predicted octanol–water partition coefficient (Wildman–Crippen LogP) is -0.0292. The van der Waals surface area contributed by atoms with E-state index in [2.05, 4.69) is 5.10 Å². The van der Waals surface area contributed by atoms with Crippen LogP contribution < -0.4 is 5.46 Å². The van der Waals surface area contributed by atoms with Crippen LogP contribution in [0.1, 0.15) is 0 Å². The van der Waals surface area contributed by atoms with Crippen LogP contribution >= 0.6 is 0 Å². The van der Waals surface area contributed by atoms with Gasteiger partial charge in [-0.15, -0.1) is 0 Å². The number of rotatable bonds is 0. The molecule has 0 bridgehead atoms. The van der Waals surface area contributed by atoms with Crippen LogP contribution in [0.3, 0.4) is 0 Å². The van der Waals surface area contributed by atoms with Crippen molar-refractivity contribution in [2.75, 3.05) is 0 Å². The summed E-state index contributed by atoms with van der Waals surface area (Å²) in [6.07, 6.45) is 1.74. The lowest BCUT2D eigenvalue weighted by atomic mass is 9.93. The second-order valence-corrected chi connectivity index (χ2v) is 2.88. The molecule has 0 aliphatic rings. The van der Waals surface area contributed by atoms with E-state index in [1.807, 2.05) is 7.05 Å². The molecule has 2 nitrogen and oxygen atoms in total. The molecule has 0 saturated carbocycles. The van der Waals surface area contributed by atoms with E-state index in [1.165, 1.54) is 6.07 Å². The monoisotopic (exact) mass is 162 g/mol. The highest BCUT2D eigenvalue weighted by atomic mass is 19.1. The van der Waals surface area contributed by atoms with Gasteiger partial charge in [-0.05, 0) is 17.6 Å². The van der Waals surface area contributed by atoms with Gasteiger partial charge in [-0.2, -0.15) is 5.10 Å². The summed E-state index contributed by atoms with van der Waals surface area (Å²) in [5.41, 5.74) is 1.53. The van der Waals surface area contributed by atoms with Gasteiger partial charge in [-0.3, -0.25) is 4.68 Å². The normalized spacial score (nSPS) is 10.8. The maximum atomic E-state index is 13.1. The summed E-state index contributed by atoms with van der Waals surface area (Å²) in [4.78, 5) is 0.